The van der Waals surface area contributed by atoms with Gasteiger partial charge in [0.25, 0.3) is 0 Å². The van der Waals surface area contributed by atoms with Crippen molar-refractivity contribution in [2.24, 2.45) is 5.10 Å². The molecule has 0 amide bonds. The second kappa shape index (κ2) is 4.49. The van der Waals surface area contributed by atoms with Gasteiger partial charge in [0.1, 0.15) is 11.5 Å². The third-order valence-electron chi connectivity index (χ3n) is 2.90. The molecule has 0 heterocycles. The van der Waals surface area contributed by atoms with Gasteiger partial charge in [-0.15, -0.1) is 0 Å². The Hall–Kier alpha value is -1.35. The summed E-state index contributed by atoms with van der Waals surface area (Å²) < 4.78 is 5.90. The summed E-state index contributed by atoms with van der Waals surface area (Å²) in [6.07, 6.45) is 3.39. The van der Waals surface area contributed by atoms with Crippen molar-refractivity contribution in [2.45, 2.75) is 19.3 Å². The molecule has 1 aromatic carbocycles. The van der Waals surface area contributed by atoms with Crippen LogP contribution in [-0.2, 0) is 6.42 Å². The lowest BCUT2D eigenvalue weighted by Crippen LogP contribution is -2.30. The number of hydrogen-bond acceptors (Lipinski definition) is 2. The number of methoxy groups -OCH3 is 1. The van der Waals surface area contributed by atoms with Crippen LogP contribution in [0.1, 0.15) is 24.0 Å². The minimum atomic E-state index is 0.626. The van der Waals surface area contributed by atoms with E-state index in [-0.39, 0.29) is 0 Å². The van der Waals surface area contributed by atoms with Gasteiger partial charge in [-0.25, -0.2) is 4.59 Å². The fourth-order valence-corrected chi connectivity index (χ4v) is 2.23. The van der Waals surface area contributed by atoms with Gasteiger partial charge >= 0.3 is 0 Å². The molecule has 92 valence electrons. The van der Waals surface area contributed by atoms with Crippen LogP contribution in [0.15, 0.2) is 23.3 Å². The highest BCUT2D eigenvalue weighted by molar-refractivity contribution is 6.02. The maximum absolute atomic E-state index is 5.27. The Labute approximate surface area is 103 Å². The lowest BCUT2D eigenvalue weighted by molar-refractivity contribution is -0.877. The lowest BCUT2D eigenvalue weighted by atomic mass is 9.90. The van der Waals surface area contributed by atoms with Crippen molar-refractivity contribution >= 4 is 5.71 Å². The van der Waals surface area contributed by atoms with Gasteiger partial charge in [-0.1, -0.05) is 5.10 Å². The van der Waals surface area contributed by atoms with E-state index in [0.29, 0.717) is 4.59 Å². The molecule has 0 unspecified atom stereocenters. The molecule has 1 aliphatic rings. The Morgan fingerprint density at radius 1 is 1.18 bits per heavy atom. The topological polar surface area (TPSA) is 21.6 Å². The third kappa shape index (κ3) is 2.86. The first-order valence-electron chi connectivity index (χ1n) is 6.07. The van der Waals surface area contributed by atoms with Crippen molar-refractivity contribution < 1.29 is 9.33 Å². The first-order valence-corrected chi connectivity index (χ1v) is 6.07. The van der Waals surface area contributed by atoms with Gasteiger partial charge in [-0.05, 0) is 43.0 Å². The molecule has 0 aromatic heterocycles. The first-order chi connectivity index (χ1) is 7.99. The number of nitrogens with zero attached hydrogens (tertiary/aromatic N) is 2. The van der Waals surface area contributed by atoms with Gasteiger partial charge in [-0.2, -0.15) is 0 Å². The molecule has 0 fully saturated rings. The molecule has 1 aromatic rings. The summed E-state index contributed by atoms with van der Waals surface area (Å²) in [6, 6.07) is 6.30. The Balaban J connectivity index is 2.42. The van der Waals surface area contributed by atoms with E-state index in [1.807, 2.05) is 6.07 Å². The van der Waals surface area contributed by atoms with E-state index in [4.69, 9.17) is 9.84 Å². The molecule has 3 nitrogen and oxygen atoms in total. The Morgan fingerprint density at radius 2 is 1.94 bits per heavy atom. The SMILES string of the molecule is COc1ccc2c(c1)CCC/C2=N\[N+](C)(C)C. The molecule has 3 heteroatoms. The summed E-state index contributed by atoms with van der Waals surface area (Å²) in [4.78, 5) is 0. The van der Waals surface area contributed by atoms with Gasteiger partial charge in [0.15, 0.2) is 0 Å². The zero-order valence-corrected chi connectivity index (χ0v) is 11.2. The Kier molecular flexibility index (Phi) is 3.20. The molecule has 2 rings (SSSR count). The number of ether oxygens (including phenoxy) is 1. The van der Waals surface area contributed by atoms with E-state index in [9.17, 15) is 0 Å². The predicted octanol–water partition coefficient (Wildman–Crippen LogP) is 2.44. The second-order valence-corrected chi connectivity index (χ2v) is 5.36. The highest BCUT2D eigenvalue weighted by atomic mass is 16.5. The molecule has 0 N–H and O–H groups in total. The largest absolute Gasteiger partial charge is 0.497 e. The average Bonchev–Trinajstić information content (AvgIpc) is 2.26. The standard InChI is InChI=1S/C14H21N2O/c1-16(2,3)15-14-7-5-6-11-10-12(17-4)8-9-13(11)14/h8-10H,5-7H2,1-4H3/q+1/b15-14+. The van der Waals surface area contributed by atoms with Crippen LogP contribution in [0.4, 0.5) is 0 Å². The molecular formula is C14H21N2O+. The highest BCUT2D eigenvalue weighted by Crippen LogP contribution is 2.26. The lowest BCUT2D eigenvalue weighted by Gasteiger charge is -2.22. The average molecular weight is 233 g/mol. The van der Waals surface area contributed by atoms with E-state index in [1.54, 1.807) is 7.11 Å². The number of aryl methyl sites for hydroxylation is 1. The van der Waals surface area contributed by atoms with Gasteiger partial charge in [0, 0.05) is 5.56 Å². The van der Waals surface area contributed by atoms with E-state index in [0.717, 1.165) is 18.6 Å². The fraction of sp³-hybridized carbons (Fsp3) is 0.500. The van der Waals surface area contributed by atoms with Crippen LogP contribution < -0.4 is 4.74 Å². The fourth-order valence-electron chi connectivity index (χ4n) is 2.23. The van der Waals surface area contributed by atoms with Crippen LogP contribution >= 0.6 is 0 Å². The molecule has 17 heavy (non-hydrogen) atoms. The molecule has 0 saturated carbocycles. The van der Waals surface area contributed by atoms with Gasteiger partial charge in [0.05, 0.1) is 28.3 Å². The minimum absolute atomic E-state index is 0.626. The molecule has 1 aliphatic carbocycles. The molecule has 0 saturated heterocycles. The molecule has 0 spiro atoms. The Bertz CT molecular complexity index is 444. The van der Waals surface area contributed by atoms with Crippen LogP contribution in [0.2, 0.25) is 0 Å². The molecule has 0 aliphatic heterocycles. The van der Waals surface area contributed by atoms with Crippen LogP contribution in [0.25, 0.3) is 0 Å². The summed E-state index contributed by atoms with van der Waals surface area (Å²) >= 11 is 0. The van der Waals surface area contributed by atoms with Gasteiger partial charge < -0.3 is 4.74 Å². The van der Waals surface area contributed by atoms with Gasteiger partial charge in [0.2, 0.25) is 0 Å². The molecular weight excluding hydrogens is 212 g/mol. The maximum atomic E-state index is 5.27. The summed E-state index contributed by atoms with van der Waals surface area (Å²) in [7, 11) is 7.98. The molecule has 0 radical (unpaired) electrons. The quantitative estimate of drug-likeness (QED) is 0.568. The normalized spacial score (nSPS) is 18.0. The number of hydrogen-bond donors (Lipinski definition) is 0. The highest BCUT2D eigenvalue weighted by Gasteiger charge is 2.19. The van der Waals surface area contributed by atoms with E-state index in [1.165, 1.54) is 23.3 Å². The van der Waals surface area contributed by atoms with Crippen molar-refractivity contribution in [3.05, 3.63) is 29.3 Å². The van der Waals surface area contributed by atoms with Crippen LogP contribution in [0, 0.1) is 0 Å². The Morgan fingerprint density at radius 3 is 2.59 bits per heavy atom. The zero-order chi connectivity index (χ0) is 12.5. The first kappa shape index (κ1) is 12.1. The van der Waals surface area contributed by atoms with Crippen LogP contribution in [-0.4, -0.2) is 38.6 Å². The summed E-state index contributed by atoms with van der Waals surface area (Å²) in [5.74, 6) is 0.940. The third-order valence-corrected chi connectivity index (χ3v) is 2.90. The summed E-state index contributed by atoms with van der Waals surface area (Å²) in [5, 5.41) is 4.78. The van der Waals surface area contributed by atoms with Crippen molar-refractivity contribution in [1.82, 2.24) is 0 Å². The zero-order valence-electron chi connectivity index (χ0n) is 11.2. The summed E-state index contributed by atoms with van der Waals surface area (Å²) in [6.45, 7) is 0. The minimum Gasteiger partial charge on any atom is -0.497 e. The predicted molar refractivity (Wildman–Crippen MR) is 70.5 cm³/mol. The number of benzene rings is 1. The van der Waals surface area contributed by atoms with Crippen LogP contribution in [0.5, 0.6) is 5.75 Å². The van der Waals surface area contributed by atoms with Crippen molar-refractivity contribution in [2.75, 3.05) is 28.3 Å². The molecule has 0 atom stereocenters. The maximum Gasteiger partial charge on any atom is 0.119 e. The van der Waals surface area contributed by atoms with Crippen molar-refractivity contribution in [1.29, 1.82) is 0 Å². The van der Waals surface area contributed by atoms with E-state index >= 15 is 0 Å². The van der Waals surface area contributed by atoms with Gasteiger partial charge in [-0.3, -0.25) is 0 Å². The van der Waals surface area contributed by atoms with E-state index < -0.39 is 0 Å². The summed E-state index contributed by atoms with van der Waals surface area (Å²) in [5.41, 5.74) is 3.88. The number of fused-ring (bicyclic) bond motifs is 1. The van der Waals surface area contributed by atoms with Crippen LogP contribution in [0.3, 0.4) is 0 Å². The second-order valence-electron chi connectivity index (χ2n) is 5.36. The van der Waals surface area contributed by atoms with Crippen molar-refractivity contribution in [3.8, 4) is 5.75 Å². The smallest absolute Gasteiger partial charge is 0.119 e. The number of rotatable bonds is 2. The van der Waals surface area contributed by atoms with Crippen molar-refractivity contribution in [3.63, 3.8) is 0 Å². The monoisotopic (exact) mass is 233 g/mol. The number of quaternary nitrogens is 1. The molecule has 0 bridgehead atoms. The van der Waals surface area contributed by atoms with E-state index in [2.05, 4.69) is 33.3 Å².